The number of halogens is 3. The number of benzene rings is 1. The van der Waals surface area contributed by atoms with Gasteiger partial charge in [0.15, 0.2) is 0 Å². The highest BCUT2D eigenvalue weighted by molar-refractivity contribution is 6.42. The number of nitriles is 1. The second-order valence-electron chi connectivity index (χ2n) is 3.61. The number of aromatic nitrogens is 1. The van der Waals surface area contributed by atoms with Crippen LogP contribution in [-0.4, -0.2) is 4.98 Å². The van der Waals surface area contributed by atoms with Crippen LogP contribution in [-0.2, 0) is 6.42 Å². The van der Waals surface area contributed by atoms with E-state index in [1.54, 1.807) is 18.2 Å². The molecule has 1 aromatic carbocycles. The van der Waals surface area contributed by atoms with Gasteiger partial charge in [-0.3, -0.25) is 4.98 Å². The molecular weight excluding hydrogens is 291 g/mol. The van der Waals surface area contributed by atoms with Gasteiger partial charge in [-0.15, -0.1) is 0 Å². The average molecular weight is 298 g/mol. The van der Waals surface area contributed by atoms with Crippen molar-refractivity contribution in [2.24, 2.45) is 0 Å². The maximum atomic E-state index is 8.79. The fourth-order valence-electron chi connectivity index (χ4n) is 1.60. The van der Waals surface area contributed by atoms with Crippen LogP contribution in [0.25, 0.3) is 11.1 Å². The van der Waals surface area contributed by atoms with E-state index < -0.39 is 0 Å². The summed E-state index contributed by atoms with van der Waals surface area (Å²) >= 11 is 17.8. The highest BCUT2D eigenvalue weighted by atomic mass is 35.5. The van der Waals surface area contributed by atoms with Gasteiger partial charge < -0.3 is 0 Å². The maximum Gasteiger partial charge on any atom is 0.0781 e. The van der Waals surface area contributed by atoms with Gasteiger partial charge in [0.2, 0.25) is 0 Å². The van der Waals surface area contributed by atoms with Gasteiger partial charge in [-0.2, -0.15) is 5.26 Å². The summed E-state index contributed by atoms with van der Waals surface area (Å²) in [4.78, 5) is 4.17. The minimum Gasteiger partial charge on any atom is -0.258 e. The van der Waals surface area contributed by atoms with Gasteiger partial charge in [0.25, 0.3) is 0 Å². The molecule has 0 bridgehead atoms. The highest BCUT2D eigenvalue weighted by Crippen LogP contribution is 2.31. The zero-order chi connectivity index (χ0) is 13.1. The zero-order valence-corrected chi connectivity index (χ0v) is 11.4. The van der Waals surface area contributed by atoms with Crippen LogP contribution in [0.1, 0.15) is 5.69 Å². The molecule has 0 N–H and O–H groups in total. The third-order valence-corrected chi connectivity index (χ3v) is 3.36. The van der Waals surface area contributed by atoms with Crippen LogP contribution in [0.15, 0.2) is 30.5 Å². The van der Waals surface area contributed by atoms with Gasteiger partial charge in [0, 0.05) is 11.8 Å². The van der Waals surface area contributed by atoms with Crippen molar-refractivity contribution in [3.63, 3.8) is 0 Å². The summed E-state index contributed by atoms with van der Waals surface area (Å²) in [6, 6.07) is 9.10. The van der Waals surface area contributed by atoms with Crippen LogP contribution in [0.5, 0.6) is 0 Å². The Kier molecular flexibility index (Phi) is 4.08. The minimum atomic E-state index is 0.215. The molecule has 2 rings (SSSR count). The van der Waals surface area contributed by atoms with Crippen molar-refractivity contribution in [2.75, 3.05) is 0 Å². The van der Waals surface area contributed by atoms with E-state index in [1.807, 2.05) is 6.07 Å². The van der Waals surface area contributed by atoms with E-state index in [0.717, 1.165) is 11.1 Å². The normalized spacial score (nSPS) is 10.1. The molecule has 0 spiro atoms. The predicted octanol–water partition coefficient (Wildman–Crippen LogP) is 4.77. The van der Waals surface area contributed by atoms with Gasteiger partial charge in [-0.25, -0.2) is 0 Å². The second kappa shape index (κ2) is 5.58. The Bertz CT molecular complexity index is 633. The predicted molar refractivity (Wildman–Crippen MR) is 74.0 cm³/mol. The van der Waals surface area contributed by atoms with E-state index >= 15 is 0 Å². The van der Waals surface area contributed by atoms with Gasteiger partial charge in [0.1, 0.15) is 0 Å². The Morgan fingerprint density at radius 3 is 2.56 bits per heavy atom. The summed E-state index contributed by atoms with van der Waals surface area (Å²) in [5.41, 5.74) is 2.30. The van der Waals surface area contributed by atoms with Gasteiger partial charge in [-0.05, 0) is 23.8 Å². The molecule has 0 saturated heterocycles. The molecule has 0 fully saturated rings. The Hall–Kier alpha value is -1.27. The van der Waals surface area contributed by atoms with E-state index in [1.165, 1.54) is 6.20 Å². The molecule has 0 aliphatic carbocycles. The number of hydrogen-bond donors (Lipinski definition) is 0. The molecule has 2 aromatic rings. The Labute approximate surface area is 120 Å². The van der Waals surface area contributed by atoms with Gasteiger partial charge >= 0.3 is 0 Å². The molecular formula is C13H7Cl3N2. The first kappa shape index (κ1) is 13.2. The molecule has 0 amide bonds. The molecule has 2 nitrogen and oxygen atoms in total. The Morgan fingerprint density at radius 2 is 1.89 bits per heavy atom. The first-order valence-electron chi connectivity index (χ1n) is 5.08. The van der Waals surface area contributed by atoms with E-state index in [-0.39, 0.29) is 6.42 Å². The quantitative estimate of drug-likeness (QED) is 0.800. The largest absolute Gasteiger partial charge is 0.258 e. The lowest BCUT2D eigenvalue weighted by atomic mass is 10.0. The van der Waals surface area contributed by atoms with Crippen molar-refractivity contribution in [1.29, 1.82) is 5.26 Å². The summed E-state index contributed by atoms with van der Waals surface area (Å²) < 4.78 is 0. The van der Waals surface area contributed by atoms with E-state index in [9.17, 15) is 0 Å². The molecule has 18 heavy (non-hydrogen) atoms. The first-order chi connectivity index (χ1) is 8.61. The molecule has 0 aliphatic heterocycles. The van der Waals surface area contributed by atoms with Crippen molar-refractivity contribution in [3.8, 4) is 17.2 Å². The van der Waals surface area contributed by atoms with Crippen molar-refractivity contribution < 1.29 is 0 Å². The lowest BCUT2D eigenvalue weighted by molar-refractivity contribution is 1.12. The lowest BCUT2D eigenvalue weighted by Gasteiger charge is -2.08. The maximum absolute atomic E-state index is 8.79. The first-order valence-corrected chi connectivity index (χ1v) is 6.22. The molecule has 0 saturated carbocycles. The van der Waals surface area contributed by atoms with Crippen LogP contribution in [0.4, 0.5) is 0 Å². The van der Waals surface area contributed by atoms with Crippen molar-refractivity contribution >= 4 is 34.8 Å². The van der Waals surface area contributed by atoms with E-state index in [4.69, 9.17) is 40.1 Å². The van der Waals surface area contributed by atoms with Crippen LogP contribution >= 0.6 is 34.8 Å². The van der Waals surface area contributed by atoms with Gasteiger partial charge in [0.05, 0.1) is 33.3 Å². The monoisotopic (exact) mass is 296 g/mol. The molecule has 90 valence electrons. The molecule has 1 aromatic heterocycles. The zero-order valence-electron chi connectivity index (χ0n) is 9.12. The number of nitrogens with zero attached hydrogens (tertiary/aromatic N) is 2. The molecule has 0 aliphatic rings. The lowest BCUT2D eigenvalue weighted by Crippen LogP contribution is -1.93. The summed E-state index contributed by atoms with van der Waals surface area (Å²) in [6.07, 6.45) is 1.74. The van der Waals surface area contributed by atoms with Crippen LogP contribution < -0.4 is 0 Å². The van der Waals surface area contributed by atoms with Crippen molar-refractivity contribution in [3.05, 3.63) is 51.2 Å². The number of pyridine rings is 1. The van der Waals surface area contributed by atoms with E-state index in [2.05, 4.69) is 11.1 Å². The topological polar surface area (TPSA) is 36.7 Å². The Balaban J connectivity index is 2.58. The molecule has 5 heteroatoms. The standard InChI is InChI=1S/C13H7Cl3N2/c14-9-6-10(13(3-4-17)18-7-9)8-1-2-11(15)12(16)5-8/h1-2,5-7H,3H2. The van der Waals surface area contributed by atoms with Crippen LogP contribution in [0.3, 0.4) is 0 Å². The minimum absolute atomic E-state index is 0.215. The fourth-order valence-corrected chi connectivity index (χ4v) is 2.05. The van der Waals surface area contributed by atoms with Crippen molar-refractivity contribution in [1.82, 2.24) is 4.98 Å². The summed E-state index contributed by atoms with van der Waals surface area (Å²) in [5, 5.41) is 10.2. The summed E-state index contributed by atoms with van der Waals surface area (Å²) in [6.45, 7) is 0. The molecule has 0 unspecified atom stereocenters. The third kappa shape index (κ3) is 2.76. The number of hydrogen-bond acceptors (Lipinski definition) is 2. The summed E-state index contributed by atoms with van der Waals surface area (Å²) in [7, 11) is 0. The number of rotatable bonds is 2. The van der Waals surface area contributed by atoms with Crippen LogP contribution in [0.2, 0.25) is 15.1 Å². The summed E-state index contributed by atoms with van der Waals surface area (Å²) in [5.74, 6) is 0. The van der Waals surface area contributed by atoms with Gasteiger partial charge in [-0.1, -0.05) is 40.9 Å². The Morgan fingerprint density at radius 1 is 1.11 bits per heavy atom. The van der Waals surface area contributed by atoms with Crippen molar-refractivity contribution in [2.45, 2.75) is 6.42 Å². The molecule has 0 radical (unpaired) electrons. The fraction of sp³-hybridized carbons (Fsp3) is 0.0769. The highest BCUT2D eigenvalue weighted by Gasteiger charge is 2.09. The molecule has 1 heterocycles. The van der Waals surface area contributed by atoms with Crippen LogP contribution in [0, 0.1) is 11.3 Å². The smallest absolute Gasteiger partial charge is 0.0781 e. The van der Waals surface area contributed by atoms with E-state index in [0.29, 0.717) is 20.8 Å². The third-order valence-electron chi connectivity index (χ3n) is 2.41. The average Bonchev–Trinajstić information content (AvgIpc) is 2.35. The SMILES string of the molecule is N#CCc1ncc(Cl)cc1-c1ccc(Cl)c(Cl)c1. The second-order valence-corrected chi connectivity index (χ2v) is 4.86. The molecule has 0 atom stereocenters.